The molecule has 4 aromatic rings. The van der Waals surface area contributed by atoms with Gasteiger partial charge in [0.2, 0.25) is 0 Å². The van der Waals surface area contributed by atoms with Gasteiger partial charge in [-0.3, -0.25) is 4.79 Å². The van der Waals surface area contributed by atoms with E-state index in [0.29, 0.717) is 22.8 Å². The van der Waals surface area contributed by atoms with Crippen LogP contribution in [0.2, 0.25) is 0 Å². The highest BCUT2D eigenvalue weighted by atomic mass is 16.5. The molecule has 1 aromatic heterocycles. The molecule has 154 valence electrons. The van der Waals surface area contributed by atoms with E-state index in [1.807, 2.05) is 0 Å². The lowest BCUT2D eigenvalue weighted by Gasteiger charge is -2.10. The summed E-state index contributed by atoms with van der Waals surface area (Å²) in [6, 6.07) is 18.0. The molecule has 4 rings (SSSR count). The van der Waals surface area contributed by atoms with Crippen LogP contribution in [0.1, 0.15) is 10.4 Å². The molecule has 0 saturated heterocycles. The van der Waals surface area contributed by atoms with Crippen LogP contribution in [-0.2, 0) is 0 Å². The molecule has 31 heavy (non-hydrogen) atoms. The maximum Gasteiger partial charge on any atom is 0.331 e. The molecule has 0 amide bonds. The van der Waals surface area contributed by atoms with E-state index >= 15 is 0 Å². The van der Waals surface area contributed by atoms with E-state index in [2.05, 4.69) is 15.0 Å². The normalized spacial score (nSPS) is 10.3. The number of carbonyl (C=O) groups excluding carboxylic acids is 1. The fourth-order valence-corrected chi connectivity index (χ4v) is 2.42. The second kappa shape index (κ2) is 8.78. The number of ether oxygens (including phenoxy) is 3. The third-order valence-electron chi connectivity index (χ3n) is 3.89. The highest BCUT2D eigenvalue weighted by molar-refractivity contribution is 5.74. The first-order valence-electron chi connectivity index (χ1n) is 9.00. The minimum absolute atomic E-state index is 0.0853. The van der Waals surface area contributed by atoms with Gasteiger partial charge in [0.25, 0.3) is 0 Å². The fraction of sp³-hybridized carbons (Fsp3) is 0. The predicted octanol–water partition coefficient (Wildman–Crippen LogP) is 4.47. The molecule has 0 aliphatic carbocycles. The molecule has 2 N–H and O–H groups in total. The van der Waals surface area contributed by atoms with E-state index in [9.17, 15) is 15.0 Å². The number of aromatic nitrogens is 3. The lowest BCUT2D eigenvalue weighted by molar-refractivity contribution is 0.112. The van der Waals surface area contributed by atoms with Gasteiger partial charge in [-0.1, -0.05) is 0 Å². The molecule has 1 heterocycles. The third kappa shape index (κ3) is 5.24. The van der Waals surface area contributed by atoms with Gasteiger partial charge >= 0.3 is 18.0 Å². The molecule has 0 atom stereocenters. The zero-order valence-electron chi connectivity index (χ0n) is 15.9. The maximum absolute atomic E-state index is 10.8. The Kier molecular flexibility index (Phi) is 5.57. The summed E-state index contributed by atoms with van der Waals surface area (Å²) in [7, 11) is 0. The standard InChI is InChI=1S/C22H15N3O6/c26-13-14-1-7-17(8-2-14)29-20-23-21(30-18-9-3-15(27)4-10-18)25-22(24-20)31-19-11-5-16(28)6-12-19/h1-13,27-28H. The van der Waals surface area contributed by atoms with Gasteiger partial charge in [-0.25, -0.2) is 0 Å². The number of carbonyl (C=O) groups is 1. The second-order valence-electron chi connectivity index (χ2n) is 6.16. The minimum atomic E-state index is -0.103. The zero-order chi connectivity index (χ0) is 21.6. The monoisotopic (exact) mass is 417 g/mol. The Bertz CT molecular complexity index is 1110. The SMILES string of the molecule is O=Cc1ccc(Oc2nc(Oc3ccc(O)cc3)nc(Oc3ccc(O)cc3)n2)cc1. The summed E-state index contributed by atoms with van der Waals surface area (Å²) in [5, 5.41) is 18.8. The van der Waals surface area contributed by atoms with Crippen molar-refractivity contribution in [2.24, 2.45) is 0 Å². The molecular formula is C22H15N3O6. The van der Waals surface area contributed by atoms with Gasteiger partial charge in [-0.15, -0.1) is 15.0 Å². The van der Waals surface area contributed by atoms with Crippen LogP contribution in [-0.4, -0.2) is 31.5 Å². The summed E-state index contributed by atoms with van der Waals surface area (Å²) >= 11 is 0. The molecule has 0 aliphatic heterocycles. The number of nitrogens with zero attached hydrogens (tertiary/aromatic N) is 3. The molecule has 0 spiro atoms. The summed E-state index contributed by atoms with van der Waals surface area (Å²) < 4.78 is 16.9. The highest BCUT2D eigenvalue weighted by Crippen LogP contribution is 2.28. The van der Waals surface area contributed by atoms with Crippen molar-refractivity contribution < 1.29 is 29.2 Å². The summed E-state index contributed by atoms with van der Waals surface area (Å²) in [4.78, 5) is 23.2. The molecule has 0 radical (unpaired) electrons. The van der Waals surface area contributed by atoms with Crippen LogP contribution in [0.5, 0.6) is 46.8 Å². The van der Waals surface area contributed by atoms with Gasteiger partial charge < -0.3 is 24.4 Å². The van der Waals surface area contributed by atoms with Gasteiger partial charge in [0, 0.05) is 5.56 Å². The molecule has 0 fully saturated rings. The molecule has 0 saturated carbocycles. The Balaban J connectivity index is 1.63. The van der Waals surface area contributed by atoms with Crippen LogP contribution >= 0.6 is 0 Å². The Morgan fingerprint density at radius 1 is 0.548 bits per heavy atom. The summed E-state index contributed by atoms with van der Waals surface area (Å²) in [6.45, 7) is 0. The highest BCUT2D eigenvalue weighted by Gasteiger charge is 2.13. The van der Waals surface area contributed by atoms with Crippen molar-refractivity contribution in [1.82, 2.24) is 15.0 Å². The van der Waals surface area contributed by atoms with E-state index < -0.39 is 0 Å². The first-order chi connectivity index (χ1) is 15.1. The maximum atomic E-state index is 10.8. The first-order valence-corrected chi connectivity index (χ1v) is 9.00. The minimum Gasteiger partial charge on any atom is -0.508 e. The smallest absolute Gasteiger partial charge is 0.331 e. The molecule has 0 bridgehead atoms. The fourth-order valence-electron chi connectivity index (χ4n) is 2.42. The largest absolute Gasteiger partial charge is 0.508 e. The summed E-state index contributed by atoms with van der Waals surface area (Å²) in [6.07, 6.45) is 0.722. The lowest BCUT2D eigenvalue weighted by Crippen LogP contribution is -2.01. The average molecular weight is 417 g/mol. The van der Waals surface area contributed by atoms with Crippen LogP contribution in [0.25, 0.3) is 0 Å². The van der Waals surface area contributed by atoms with E-state index in [1.54, 1.807) is 24.3 Å². The van der Waals surface area contributed by atoms with Gasteiger partial charge in [-0.2, -0.15) is 0 Å². The number of hydrogen-bond acceptors (Lipinski definition) is 9. The Morgan fingerprint density at radius 2 is 0.871 bits per heavy atom. The van der Waals surface area contributed by atoms with Crippen molar-refractivity contribution in [3.8, 4) is 46.8 Å². The molecular weight excluding hydrogens is 402 g/mol. The van der Waals surface area contributed by atoms with E-state index in [4.69, 9.17) is 14.2 Å². The Morgan fingerprint density at radius 3 is 1.19 bits per heavy atom. The van der Waals surface area contributed by atoms with Crippen molar-refractivity contribution >= 4 is 6.29 Å². The third-order valence-corrected chi connectivity index (χ3v) is 3.89. The molecule has 0 unspecified atom stereocenters. The molecule has 9 heteroatoms. The average Bonchev–Trinajstić information content (AvgIpc) is 2.77. The Hall–Kier alpha value is -4.66. The summed E-state index contributed by atoms with van der Waals surface area (Å²) in [5.41, 5.74) is 0.496. The molecule has 3 aromatic carbocycles. The van der Waals surface area contributed by atoms with Crippen molar-refractivity contribution in [3.05, 3.63) is 78.4 Å². The van der Waals surface area contributed by atoms with Gasteiger partial charge in [-0.05, 0) is 72.8 Å². The molecule has 0 aliphatic rings. The van der Waals surface area contributed by atoms with Gasteiger partial charge in [0.05, 0.1) is 0 Å². The van der Waals surface area contributed by atoms with E-state index in [-0.39, 0.29) is 29.5 Å². The number of rotatable bonds is 7. The zero-order valence-corrected chi connectivity index (χ0v) is 15.9. The Labute approximate surface area is 176 Å². The molecule has 9 nitrogen and oxygen atoms in total. The topological polar surface area (TPSA) is 124 Å². The number of phenols is 2. The van der Waals surface area contributed by atoms with Gasteiger partial charge in [0.15, 0.2) is 0 Å². The van der Waals surface area contributed by atoms with Gasteiger partial charge in [0.1, 0.15) is 35.0 Å². The van der Waals surface area contributed by atoms with Crippen molar-refractivity contribution in [2.75, 3.05) is 0 Å². The first kappa shape index (κ1) is 19.6. The lowest BCUT2D eigenvalue weighted by atomic mass is 10.2. The van der Waals surface area contributed by atoms with Crippen molar-refractivity contribution in [1.29, 1.82) is 0 Å². The van der Waals surface area contributed by atoms with Crippen LogP contribution < -0.4 is 14.2 Å². The number of phenolic OH excluding ortho intramolecular Hbond substituents is 2. The van der Waals surface area contributed by atoms with E-state index in [1.165, 1.54) is 48.5 Å². The van der Waals surface area contributed by atoms with Crippen molar-refractivity contribution in [2.45, 2.75) is 0 Å². The number of aldehydes is 1. The van der Waals surface area contributed by atoms with Crippen LogP contribution in [0.15, 0.2) is 72.8 Å². The number of aromatic hydroxyl groups is 2. The van der Waals surface area contributed by atoms with Crippen LogP contribution in [0.4, 0.5) is 0 Å². The van der Waals surface area contributed by atoms with Crippen LogP contribution in [0.3, 0.4) is 0 Å². The summed E-state index contributed by atoms with van der Waals surface area (Å²) in [5.74, 6) is 1.31. The number of hydrogen-bond donors (Lipinski definition) is 2. The van der Waals surface area contributed by atoms with Crippen molar-refractivity contribution in [3.63, 3.8) is 0 Å². The van der Waals surface area contributed by atoms with E-state index in [0.717, 1.165) is 6.29 Å². The second-order valence-corrected chi connectivity index (χ2v) is 6.16. The number of benzene rings is 3. The predicted molar refractivity (Wildman–Crippen MR) is 108 cm³/mol. The quantitative estimate of drug-likeness (QED) is 0.419. The van der Waals surface area contributed by atoms with Crippen LogP contribution in [0, 0.1) is 0 Å².